The van der Waals surface area contributed by atoms with Crippen LogP contribution in [-0.4, -0.2) is 22.4 Å². The lowest BCUT2D eigenvalue weighted by atomic mass is 10.1. The molecule has 0 N–H and O–H groups in total. The summed E-state index contributed by atoms with van der Waals surface area (Å²) in [5, 5.41) is 13.4. The molecule has 2 rings (SSSR count). The molecule has 0 saturated carbocycles. The quantitative estimate of drug-likeness (QED) is 0.808. The van der Waals surface area contributed by atoms with E-state index in [0.717, 1.165) is 22.6 Å². The van der Waals surface area contributed by atoms with Crippen LogP contribution in [0.5, 0.6) is 0 Å². The van der Waals surface area contributed by atoms with Crippen LogP contribution in [-0.2, 0) is 16.0 Å². The molecule has 0 aliphatic heterocycles. The molecule has 108 valence electrons. The Labute approximate surface area is 123 Å². The molecule has 0 fully saturated rings. The van der Waals surface area contributed by atoms with Crippen molar-refractivity contribution in [1.29, 1.82) is 5.26 Å². The molecule has 0 radical (unpaired) electrons. The number of hydrogen-bond donors (Lipinski definition) is 0. The third-order valence-electron chi connectivity index (χ3n) is 3.29. The van der Waals surface area contributed by atoms with Crippen LogP contribution in [0.25, 0.3) is 5.69 Å². The summed E-state index contributed by atoms with van der Waals surface area (Å²) in [6.45, 7) is 5.93. The van der Waals surface area contributed by atoms with Gasteiger partial charge >= 0.3 is 5.97 Å². The Morgan fingerprint density at radius 3 is 2.86 bits per heavy atom. The third kappa shape index (κ3) is 3.11. The van der Waals surface area contributed by atoms with Gasteiger partial charge in [0.1, 0.15) is 0 Å². The molecule has 1 aromatic carbocycles. The Hall–Kier alpha value is -2.61. The minimum atomic E-state index is -0.256. The van der Waals surface area contributed by atoms with Gasteiger partial charge in [-0.2, -0.15) is 10.4 Å². The standard InChI is InChI=1S/C16H17N3O2/c1-4-21-16(20)9-15-11(2)18-19(12(15)3)14-7-5-6-13(8-14)10-17/h5-8H,4,9H2,1-3H3. The second-order valence-corrected chi connectivity index (χ2v) is 4.71. The topological polar surface area (TPSA) is 67.9 Å². The molecule has 2 aromatic rings. The van der Waals surface area contributed by atoms with Crippen molar-refractivity contribution in [2.75, 3.05) is 6.61 Å². The summed E-state index contributed by atoms with van der Waals surface area (Å²) in [6.07, 6.45) is 0.212. The minimum absolute atomic E-state index is 0.212. The Bertz CT molecular complexity index is 711. The van der Waals surface area contributed by atoms with E-state index in [0.29, 0.717) is 12.2 Å². The molecule has 0 atom stereocenters. The van der Waals surface area contributed by atoms with Gasteiger partial charge in [0.25, 0.3) is 0 Å². The number of nitriles is 1. The molecular weight excluding hydrogens is 266 g/mol. The first-order chi connectivity index (χ1) is 10.1. The van der Waals surface area contributed by atoms with E-state index < -0.39 is 0 Å². The molecule has 0 aliphatic rings. The highest BCUT2D eigenvalue weighted by Gasteiger charge is 2.16. The molecule has 1 aromatic heterocycles. The number of nitrogens with zero attached hydrogens (tertiary/aromatic N) is 3. The Balaban J connectivity index is 2.39. The lowest BCUT2D eigenvalue weighted by Gasteiger charge is -2.06. The van der Waals surface area contributed by atoms with Gasteiger partial charge in [0, 0.05) is 11.3 Å². The molecule has 0 bridgehead atoms. The van der Waals surface area contributed by atoms with E-state index in [1.165, 1.54) is 0 Å². The Morgan fingerprint density at radius 2 is 2.19 bits per heavy atom. The first-order valence-electron chi connectivity index (χ1n) is 6.78. The summed E-state index contributed by atoms with van der Waals surface area (Å²) in [4.78, 5) is 11.7. The second kappa shape index (κ2) is 6.23. The molecular formula is C16H17N3O2. The maximum Gasteiger partial charge on any atom is 0.310 e. The van der Waals surface area contributed by atoms with Crippen LogP contribution in [0.3, 0.4) is 0 Å². The number of rotatable bonds is 4. The van der Waals surface area contributed by atoms with Gasteiger partial charge in [0.2, 0.25) is 0 Å². The van der Waals surface area contributed by atoms with Crippen LogP contribution in [0.1, 0.15) is 29.4 Å². The molecule has 5 nitrogen and oxygen atoms in total. The van der Waals surface area contributed by atoms with Crippen molar-refractivity contribution >= 4 is 5.97 Å². The van der Waals surface area contributed by atoms with Gasteiger partial charge in [-0.05, 0) is 39.0 Å². The zero-order valence-corrected chi connectivity index (χ0v) is 12.4. The van der Waals surface area contributed by atoms with Gasteiger partial charge in [-0.3, -0.25) is 4.79 Å². The molecule has 0 amide bonds. The average Bonchev–Trinajstić information content (AvgIpc) is 2.76. The molecule has 5 heteroatoms. The number of benzene rings is 1. The van der Waals surface area contributed by atoms with Crippen molar-refractivity contribution < 1.29 is 9.53 Å². The molecule has 0 saturated heterocycles. The fourth-order valence-electron chi connectivity index (χ4n) is 2.25. The van der Waals surface area contributed by atoms with Crippen molar-refractivity contribution in [3.8, 4) is 11.8 Å². The molecule has 0 spiro atoms. The van der Waals surface area contributed by atoms with Crippen LogP contribution in [0.4, 0.5) is 0 Å². The lowest BCUT2D eigenvalue weighted by Crippen LogP contribution is -2.09. The Morgan fingerprint density at radius 1 is 1.43 bits per heavy atom. The van der Waals surface area contributed by atoms with Crippen molar-refractivity contribution in [2.24, 2.45) is 0 Å². The second-order valence-electron chi connectivity index (χ2n) is 4.71. The van der Waals surface area contributed by atoms with E-state index in [-0.39, 0.29) is 12.4 Å². The van der Waals surface area contributed by atoms with Gasteiger partial charge in [-0.1, -0.05) is 6.07 Å². The van der Waals surface area contributed by atoms with Gasteiger partial charge in [0.15, 0.2) is 0 Å². The maximum atomic E-state index is 11.7. The SMILES string of the molecule is CCOC(=O)Cc1c(C)nn(-c2cccc(C#N)c2)c1C. The highest BCUT2D eigenvalue weighted by molar-refractivity contribution is 5.73. The molecule has 0 aliphatic carbocycles. The van der Waals surface area contributed by atoms with Crippen LogP contribution in [0.15, 0.2) is 24.3 Å². The van der Waals surface area contributed by atoms with Crippen LogP contribution in [0, 0.1) is 25.2 Å². The number of aryl methyl sites for hydroxylation is 1. The van der Waals surface area contributed by atoms with Gasteiger partial charge in [0.05, 0.1) is 36.0 Å². The van der Waals surface area contributed by atoms with Crippen molar-refractivity contribution in [2.45, 2.75) is 27.2 Å². The number of ether oxygens (including phenoxy) is 1. The fourth-order valence-corrected chi connectivity index (χ4v) is 2.25. The van der Waals surface area contributed by atoms with E-state index in [1.54, 1.807) is 23.7 Å². The largest absolute Gasteiger partial charge is 0.466 e. The van der Waals surface area contributed by atoms with Gasteiger partial charge in [-0.15, -0.1) is 0 Å². The fraction of sp³-hybridized carbons (Fsp3) is 0.312. The summed E-state index contributed by atoms with van der Waals surface area (Å²) in [7, 11) is 0. The maximum absolute atomic E-state index is 11.7. The van der Waals surface area contributed by atoms with E-state index in [1.807, 2.05) is 26.0 Å². The number of carbonyl (C=O) groups is 1. The highest BCUT2D eigenvalue weighted by Crippen LogP contribution is 2.19. The number of hydrogen-bond acceptors (Lipinski definition) is 4. The van der Waals surface area contributed by atoms with E-state index >= 15 is 0 Å². The zero-order chi connectivity index (χ0) is 15.4. The molecule has 21 heavy (non-hydrogen) atoms. The minimum Gasteiger partial charge on any atom is -0.466 e. The summed E-state index contributed by atoms with van der Waals surface area (Å²) >= 11 is 0. The summed E-state index contributed by atoms with van der Waals surface area (Å²) in [5.74, 6) is -0.256. The van der Waals surface area contributed by atoms with Crippen LogP contribution < -0.4 is 0 Å². The normalized spacial score (nSPS) is 10.2. The van der Waals surface area contributed by atoms with E-state index in [2.05, 4.69) is 11.2 Å². The van der Waals surface area contributed by atoms with Gasteiger partial charge in [-0.25, -0.2) is 4.68 Å². The summed E-state index contributed by atoms with van der Waals surface area (Å²) < 4.78 is 6.74. The van der Waals surface area contributed by atoms with Crippen molar-refractivity contribution in [3.63, 3.8) is 0 Å². The average molecular weight is 283 g/mol. The zero-order valence-electron chi connectivity index (χ0n) is 12.4. The lowest BCUT2D eigenvalue weighted by molar-refractivity contribution is -0.142. The van der Waals surface area contributed by atoms with Crippen molar-refractivity contribution in [1.82, 2.24) is 9.78 Å². The van der Waals surface area contributed by atoms with Crippen LogP contribution >= 0.6 is 0 Å². The smallest absolute Gasteiger partial charge is 0.310 e. The Kier molecular flexibility index (Phi) is 4.39. The van der Waals surface area contributed by atoms with E-state index in [9.17, 15) is 4.79 Å². The first kappa shape index (κ1) is 14.8. The number of aromatic nitrogens is 2. The first-order valence-corrected chi connectivity index (χ1v) is 6.78. The number of esters is 1. The predicted octanol–water partition coefficient (Wildman–Crippen LogP) is 2.47. The highest BCUT2D eigenvalue weighted by atomic mass is 16.5. The molecule has 1 heterocycles. The predicted molar refractivity (Wildman–Crippen MR) is 78.1 cm³/mol. The summed E-state index contributed by atoms with van der Waals surface area (Å²) in [6, 6.07) is 9.33. The number of carbonyl (C=O) groups excluding carboxylic acids is 1. The van der Waals surface area contributed by atoms with Crippen LogP contribution in [0.2, 0.25) is 0 Å². The molecule has 0 unspecified atom stereocenters. The van der Waals surface area contributed by atoms with E-state index in [4.69, 9.17) is 10.00 Å². The third-order valence-corrected chi connectivity index (χ3v) is 3.29. The monoisotopic (exact) mass is 283 g/mol. The van der Waals surface area contributed by atoms with Crippen molar-refractivity contribution in [3.05, 3.63) is 46.8 Å². The summed E-state index contributed by atoms with van der Waals surface area (Å²) in [5.41, 5.74) is 3.94. The van der Waals surface area contributed by atoms with Gasteiger partial charge < -0.3 is 4.74 Å².